The first-order chi connectivity index (χ1) is 10.0. The number of aliphatic hydroxyl groups is 2. The first-order valence-corrected chi connectivity index (χ1v) is 6.66. The van der Waals surface area contributed by atoms with Crippen LogP contribution in [0.5, 0.6) is 0 Å². The van der Waals surface area contributed by atoms with Gasteiger partial charge in [-0.2, -0.15) is 0 Å². The molecule has 0 saturated carbocycles. The van der Waals surface area contributed by atoms with Gasteiger partial charge in [0.2, 0.25) is 0 Å². The van der Waals surface area contributed by atoms with Gasteiger partial charge < -0.3 is 15.3 Å². The Kier molecular flexibility index (Phi) is 5.03. The van der Waals surface area contributed by atoms with Gasteiger partial charge in [0.15, 0.2) is 0 Å². The summed E-state index contributed by atoms with van der Waals surface area (Å²) in [7, 11) is 0. The minimum absolute atomic E-state index is 0.0175. The van der Waals surface area contributed by atoms with E-state index >= 15 is 0 Å². The molecule has 1 heterocycles. The van der Waals surface area contributed by atoms with Crippen molar-refractivity contribution in [3.05, 3.63) is 48.2 Å². The molecule has 1 aromatic carbocycles. The number of aromatic nitrogens is 1. The number of carboxylic acids is 1. The average Bonchev–Trinajstić information content (AvgIpc) is 2.44. The van der Waals surface area contributed by atoms with Gasteiger partial charge in [-0.05, 0) is 18.2 Å². The third-order valence-electron chi connectivity index (χ3n) is 3.03. The summed E-state index contributed by atoms with van der Waals surface area (Å²) in [5.41, 5.74) is 1.56. The summed E-state index contributed by atoms with van der Waals surface area (Å²) in [6.07, 6.45) is 0.793. The number of hydrogen-bond acceptors (Lipinski definition) is 4. The van der Waals surface area contributed by atoms with E-state index in [2.05, 4.69) is 4.98 Å². The van der Waals surface area contributed by atoms with Crippen LogP contribution in [-0.2, 0) is 4.79 Å². The van der Waals surface area contributed by atoms with E-state index in [1.54, 1.807) is 6.08 Å². The van der Waals surface area contributed by atoms with E-state index in [0.29, 0.717) is 5.69 Å². The molecule has 0 fully saturated rings. The predicted molar refractivity (Wildman–Crippen MR) is 79.7 cm³/mol. The van der Waals surface area contributed by atoms with Gasteiger partial charge in [-0.25, -0.2) is 4.98 Å². The maximum absolute atomic E-state index is 10.4. The van der Waals surface area contributed by atoms with Crippen molar-refractivity contribution in [1.29, 1.82) is 0 Å². The van der Waals surface area contributed by atoms with Gasteiger partial charge in [-0.15, -0.1) is 0 Å². The standard InChI is InChI=1S/C16H17NO4/c18-13(9-14(19)10-16(20)21)8-7-12-6-5-11-3-1-2-4-15(11)17-12/h1-8,13-14,18-19H,9-10H2,(H,20,21)/b8-7+. The Morgan fingerprint density at radius 2 is 1.95 bits per heavy atom. The van der Waals surface area contributed by atoms with Gasteiger partial charge in [-0.1, -0.05) is 30.3 Å². The van der Waals surface area contributed by atoms with Crippen molar-refractivity contribution in [2.75, 3.05) is 0 Å². The highest BCUT2D eigenvalue weighted by Gasteiger charge is 2.13. The molecule has 5 nitrogen and oxygen atoms in total. The Bertz CT molecular complexity index is 654. The number of hydrogen-bond donors (Lipinski definition) is 3. The first kappa shape index (κ1) is 15.2. The van der Waals surface area contributed by atoms with Crippen LogP contribution in [0.25, 0.3) is 17.0 Å². The molecule has 0 aliphatic carbocycles. The largest absolute Gasteiger partial charge is 0.481 e. The molecule has 5 heteroatoms. The molecule has 1 aromatic heterocycles. The molecule has 2 rings (SSSR count). The number of aliphatic carboxylic acids is 1. The molecule has 0 spiro atoms. The van der Waals surface area contributed by atoms with Crippen molar-refractivity contribution in [2.45, 2.75) is 25.0 Å². The summed E-state index contributed by atoms with van der Waals surface area (Å²) in [5.74, 6) is -1.09. The van der Waals surface area contributed by atoms with Crippen molar-refractivity contribution in [3.63, 3.8) is 0 Å². The van der Waals surface area contributed by atoms with E-state index in [0.717, 1.165) is 10.9 Å². The average molecular weight is 287 g/mol. The van der Waals surface area contributed by atoms with Crippen molar-refractivity contribution in [2.24, 2.45) is 0 Å². The van der Waals surface area contributed by atoms with Gasteiger partial charge >= 0.3 is 5.97 Å². The molecular weight excluding hydrogens is 270 g/mol. The fourth-order valence-corrected chi connectivity index (χ4v) is 2.03. The molecule has 110 valence electrons. The van der Waals surface area contributed by atoms with Crippen LogP contribution in [0.4, 0.5) is 0 Å². The van der Waals surface area contributed by atoms with Gasteiger partial charge in [0.25, 0.3) is 0 Å². The molecule has 0 radical (unpaired) electrons. The third kappa shape index (κ3) is 4.66. The topological polar surface area (TPSA) is 90.7 Å². The van der Waals surface area contributed by atoms with Gasteiger partial charge in [0, 0.05) is 11.8 Å². The quantitative estimate of drug-likeness (QED) is 0.754. The van der Waals surface area contributed by atoms with Crippen LogP contribution < -0.4 is 0 Å². The second-order valence-corrected chi connectivity index (χ2v) is 4.84. The fraction of sp³-hybridized carbons (Fsp3) is 0.250. The van der Waals surface area contributed by atoms with Crippen LogP contribution in [-0.4, -0.2) is 38.5 Å². The van der Waals surface area contributed by atoms with E-state index in [9.17, 15) is 15.0 Å². The molecular formula is C16H17NO4. The number of fused-ring (bicyclic) bond motifs is 1. The second-order valence-electron chi connectivity index (χ2n) is 4.84. The number of carboxylic acid groups (broad SMARTS) is 1. The highest BCUT2D eigenvalue weighted by atomic mass is 16.4. The first-order valence-electron chi connectivity index (χ1n) is 6.66. The van der Waals surface area contributed by atoms with Crippen LogP contribution in [0.3, 0.4) is 0 Å². The maximum atomic E-state index is 10.4. The van der Waals surface area contributed by atoms with E-state index in [1.807, 2.05) is 36.4 Å². The lowest BCUT2D eigenvalue weighted by molar-refractivity contribution is -0.139. The highest BCUT2D eigenvalue weighted by molar-refractivity contribution is 5.79. The van der Waals surface area contributed by atoms with E-state index in [-0.39, 0.29) is 12.8 Å². The number of para-hydroxylation sites is 1. The number of nitrogens with zero attached hydrogens (tertiary/aromatic N) is 1. The van der Waals surface area contributed by atoms with Crippen LogP contribution in [0.2, 0.25) is 0 Å². The lowest BCUT2D eigenvalue weighted by Gasteiger charge is -2.10. The summed E-state index contributed by atoms with van der Waals surface area (Å²) >= 11 is 0. The molecule has 21 heavy (non-hydrogen) atoms. The minimum Gasteiger partial charge on any atom is -0.481 e. The number of aliphatic hydroxyl groups excluding tert-OH is 2. The monoisotopic (exact) mass is 287 g/mol. The Hall–Kier alpha value is -2.24. The summed E-state index contributed by atoms with van der Waals surface area (Å²) in [5, 5.41) is 28.7. The SMILES string of the molecule is O=C(O)CC(O)CC(O)/C=C/c1ccc2ccccc2n1. The Morgan fingerprint density at radius 1 is 1.19 bits per heavy atom. The molecule has 0 bridgehead atoms. The second kappa shape index (κ2) is 6.97. The van der Waals surface area contributed by atoms with Crippen molar-refractivity contribution in [1.82, 2.24) is 4.98 Å². The van der Waals surface area contributed by atoms with Gasteiger partial charge in [0.05, 0.1) is 29.8 Å². The van der Waals surface area contributed by atoms with Gasteiger partial charge in [-0.3, -0.25) is 4.79 Å². The minimum atomic E-state index is -1.09. The smallest absolute Gasteiger partial charge is 0.305 e. The molecule has 0 aliphatic rings. The number of benzene rings is 1. The molecule has 0 amide bonds. The molecule has 2 unspecified atom stereocenters. The van der Waals surface area contributed by atoms with Crippen molar-refractivity contribution < 1.29 is 20.1 Å². The van der Waals surface area contributed by atoms with Crippen molar-refractivity contribution >= 4 is 22.9 Å². The van der Waals surface area contributed by atoms with E-state index in [1.165, 1.54) is 6.08 Å². The zero-order chi connectivity index (χ0) is 15.2. The van der Waals surface area contributed by atoms with E-state index in [4.69, 9.17) is 5.11 Å². The van der Waals surface area contributed by atoms with Crippen LogP contribution in [0, 0.1) is 0 Å². The summed E-state index contributed by atoms with van der Waals surface area (Å²) in [6.45, 7) is 0. The zero-order valence-electron chi connectivity index (χ0n) is 11.4. The number of rotatable bonds is 6. The van der Waals surface area contributed by atoms with Crippen LogP contribution in [0.15, 0.2) is 42.5 Å². The highest BCUT2D eigenvalue weighted by Crippen LogP contribution is 2.13. The number of pyridine rings is 1. The Labute approximate surface area is 122 Å². The number of carbonyl (C=O) groups is 1. The fourth-order valence-electron chi connectivity index (χ4n) is 2.03. The summed E-state index contributed by atoms with van der Waals surface area (Å²) < 4.78 is 0. The third-order valence-corrected chi connectivity index (χ3v) is 3.03. The van der Waals surface area contributed by atoms with Crippen LogP contribution in [0.1, 0.15) is 18.5 Å². The van der Waals surface area contributed by atoms with Crippen LogP contribution >= 0.6 is 0 Å². The van der Waals surface area contributed by atoms with Gasteiger partial charge in [0.1, 0.15) is 0 Å². The molecule has 3 N–H and O–H groups in total. The lowest BCUT2D eigenvalue weighted by Crippen LogP contribution is -2.19. The van der Waals surface area contributed by atoms with Crippen molar-refractivity contribution in [3.8, 4) is 0 Å². The molecule has 0 saturated heterocycles. The van der Waals surface area contributed by atoms with E-state index < -0.39 is 18.2 Å². The molecule has 2 atom stereocenters. The lowest BCUT2D eigenvalue weighted by atomic mass is 10.1. The Balaban J connectivity index is 2.00. The summed E-state index contributed by atoms with van der Waals surface area (Å²) in [6, 6.07) is 11.5. The maximum Gasteiger partial charge on any atom is 0.305 e. The normalized spacial score (nSPS) is 14.4. The predicted octanol–water partition coefficient (Wildman–Crippen LogP) is 1.83. The molecule has 0 aliphatic heterocycles. The zero-order valence-corrected chi connectivity index (χ0v) is 11.4. The summed E-state index contributed by atoms with van der Waals surface area (Å²) in [4.78, 5) is 14.8. The Morgan fingerprint density at radius 3 is 2.71 bits per heavy atom. The molecule has 2 aromatic rings.